The zero-order valence-corrected chi connectivity index (χ0v) is 9.98. The van der Waals surface area contributed by atoms with Gasteiger partial charge in [0, 0.05) is 11.1 Å². The Balaban J connectivity index is 2.03. The summed E-state index contributed by atoms with van der Waals surface area (Å²) in [6, 6.07) is 6.98. The van der Waals surface area contributed by atoms with Crippen molar-refractivity contribution < 1.29 is 0 Å². The van der Waals surface area contributed by atoms with Crippen LogP contribution >= 0.6 is 11.6 Å². The molecule has 1 heterocycles. The standard InChI is InChI=1S/C13H18ClN/c1-10-5-6-11(13(14)8-10)9-12-4-2-3-7-15-12/h5-6,8,12,15H,2-4,7,9H2,1H3. The first-order chi connectivity index (χ1) is 7.25. The Morgan fingerprint density at radius 1 is 1.40 bits per heavy atom. The van der Waals surface area contributed by atoms with Gasteiger partial charge in [-0.3, -0.25) is 0 Å². The van der Waals surface area contributed by atoms with Crippen molar-refractivity contribution in [3.63, 3.8) is 0 Å². The molecule has 0 aliphatic carbocycles. The van der Waals surface area contributed by atoms with Gasteiger partial charge in [-0.05, 0) is 49.9 Å². The molecule has 0 saturated carbocycles. The zero-order chi connectivity index (χ0) is 10.7. The first kappa shape index (κ1) is 11.0. The molecule has 0 aromatic heterocycles. The first-order valence-electron chi connectivity index (χ1n) is 5.74. The Labute approximate surface area is 96.8 Å². The molecular formula is C13H18ClN. The number of piperidine rings is 1. The fraction of sp³-hybridized carbons (Fsp3) is 0.538. The van der Waals surface area contributed by atoms with Gasteiger partial charge >= 0.3 is 0 Å². The Hall–Kier alpha value is -0.530. The molecule has 1 aliphatic rings. The average Bonchev–Trinajstić information content (AvgIpc) is 2.24. The van der Waals surface area contributed by atoms with Gasteiger partial charge in [-0.25, -0.2) is 0 Å². The average molecular weight is 224 g/mol. The molecule has 1 nitrogen and oxygen atoms in total. The van der Waals surface area contributed by atoms with Gasteiger partial charge in [-0.2, -0.15) is 0 Å². The monoisotopic (exact) mass is 223 g/mol. The van der Waals surface area contributed by atoms with Gasteiger partial charge in [-0.1, -0.05) is 30.2 Å². The van der Waals surface area contributed by atoms with E-state index in [0.29, 0.717) is 6.04 Å². The van der Waals surface area contributed by atoms with E-state index in [0.717, 1.165) is 18.0 Å². The lowest BCUT2D eigenvalue weighted by Crippen LogP contribution is -2.35. The van der Waals surface area contributed by atoms with Crippen LogP contribution < -0.4 is 5.32 Å². The van der Waals surface area contributed by atoms with Gasteiger partial charge in [0.05, 0.1) is 0 Å². The van der Waals surface area contributed by atoms with Crippen molar-refractivity contribution in [1.29, 1.82) is 0 Å². The summed E-state index contributed by atoms with van der Waals surface area (Å²) < 4.78 is 0. The van der Waals surface area contributed by atoms with E-state index in [-0.39, 0.29) is 0 Å². The normalized spacial score (nSPS) is 21.6. The highest BCUT2D eigenvalue weighted by Crippen LogP contribution is 2.21. The topological polar surface area (TPSA) is 12.0 Å². The number of hydrogen-bond acceptors (Lipinski definition) is 1. The van der Waals surface area contributed by atoms with Crippen LogP contribution in [0.1, 0.15) is 30.4 Å². The van der Waals surface area contributed by atoms with Crippen molar-refractivity contribution in [3.05, 3.63) is 34.3 Å². The van der Waals surface area contributed by atoms with Crippen molar-refractivity contribution in [1.82, 2.24) is 5.32 Å². The van der Waals surface area contributed by atoms with E-state index in [1.165, 1.54) is 30.4 Å². The summed E-state index contributed by atoms with van der Waals surface area (Å²) in [5, 5.41) is 4.47. The van der Waals surface area contributed by atoms with Crippen LogP contribution in [0, 0.1) is 6.92 Å². The van der Waals surface area contributed by atoms with Crippen LogP contribution in [0.15, 0.2) is 18.2 Å². The summed E-state index contributed by atoms with van der Waals surface area (Å²) in [4.78, 5) is 0. The Bertz CT molecular complexity index is 329. The minimum atomic E-state index is 0.624. The van der Waals surface area contributed by atoms with E-state index in [9.17, 15) is 0 Å². The lowest BCUT2D eigenvalue weighted by molar-refractivity contribution is 0.399. The lowest BCUT2D eigenvalue weighted by Gasteiger charge is -2.23. The van der Waals surface area contributed by atoms with E-state index >= 15 is 0 Å². The van der Waals surface area contributed by atoms with Crippen LogP contribution in [-0.2, 0) is 6.42 Å². The highest BCUT2D eigenvalue weighted by atomic mass is 35.5. The number of halogens is 1. The third-order valence-electron chi connectivity index (χ3n) is 3.09. The molecular weight excluding hydrogens is 206 g/mol. The smallest absolute Gasteiger partial charge is 0.0441 e. The van der Waals surface area contributed by atoms with Gasteiger partial charge in [0.1, 0.15) is 0 Å². The molecule has 1 aromatic rings. The van der Waals surface area contributed by atoms with Gasteiger partial charge in [0.25, 0.3) is 0 Å². The SMILES string of the molecule is Cc1ccc(CC2CCCCN2)c(Cl)c1. The Kier molecular flexibility index (Phi) is 3.66. The van der Waals surface area contributed by atoms with Crippen molar-refractivity contribution >= 4 is 11.6 Å². The summed E-state index contributed by atoms with van der Waals surface area (Å²) >= 11 is 6.22. The third kappa shape index (κ3) is 2.96. The van der Waals surface area contributed by atoms with Crippen molar-refractivity contribution in [2.24, 2.45) is 0 Å². The molecule has 1 aliphatic heterocycles. The predicted molar refractivity (Wildman–Crippen MR) is 65.5 cm³/mol. The molecule has 0 radical (unpaired) electrons. The lowest BCUT2D eigenvalue weighted by atomic mass is 9.97. The van der Waals surface area contributed by atoms with Crippen LogP contribution in [0.25, 0.3) is 0 Å². The van der Waals surface area contributed by atoms with E-state index in [4.69, 9.17) is 11.6 Å². The molecule has 1 saturated heterocycles. The number of nitrogens with one attached hydrogen (secondary N) is 1. The molecule has 0 spiro atoms. The van der Waals surface area contributed by atoms with Crippen LogP contribution in [0.4, 0.5) is 0 Å². The third-order valence-corrected chi connectivity index (χ3v) is 3.44. The second-order valence-electron chi connectivity index (χ2n) is 4.45. The van der Waals surface area contributed by atoms with Gasteiger partial charge in [0.15, 0.2) is 0 Å². The quantitative estimate of drug-likeness (QED) is 0.811. The van der Waals surface area contributed by atoms with Crippen molar-refractivity contribution in [2.75, 3.05) is 6.54 Å². The van der Waals surface area contributed by atoms with E-state index in [2.05, 4.69) is 30.4 Å². The molecule has 0 bridgehead atoms. The summed E-state index contributed by atoms with van der Waals surface area (Å²) in [6.45, 7) is 3.24. The second kappa shape index (κ2) is 5.00. The molecule has 15 heavy (non-hydrogen) atoms. The molecule has 1 fully saturated rings. The predicted octanol–water partition coefficient (Wildman–Crippen LogP) is 3.33. The molecule has 1 aromatic carbocycles. The van der Waals surface area contributed by atoms with Crippen LogP contribution in [0.5, 0.6) is 0 Å². The highest BCUT2D eigenvalue weighted by molar-refractivity contribution is 6.31. The van der Waals surface area contributed by atoms with Crippen molar-refractivity contribution in [3.8, 4) is 0 Å². The highest BCUT2D eigenvalue weighted by Gasteiger charge is 2.14. The fourth-order valence-corrected chi connectivity index (χ4v) is 2.49. The number of hydrogen-bond donors (Lipinski definition) is 1. The fourth-order valence-electron chi connectivity index (χ4n) is 2.18. The number of aryl methyl sites for hydroxylation is 1. The van der Waals surface area contributed by atoms with Crippen LogP contribution in [0.2, 0.25) is 5.02 Å². The molecule has 1 N–H and O–H groups in total. The molecule has 2 heteroatoms. The number of rotatable bonds is 2. The molecule has 1 atom stereocenters. The zero-order valence-electron chi connectivity index (χ0n) is 9.22. The minimum Gasteiger partial charge on any atom is -0.314 e. The maximum absolute atomic E-state index is 6.22. The first-order valence-corrected chi connectivity index (χ1v) is 6.12. The minimum absolute atomic E-state index is 0.624. The molecule has 1 unspecified atom stereocenters. The largest absolute Gasteiger partial charge is 0.314 e. The van der Waals surface area contributed by atoms with E-state index < -0.39 is 0 Å². The second-order valence-corrected chi connectivity index (χ2v) is 4.85. The molecule has 0 amide bonds. The van der Waals surface area contributed by atoms with Crippen LogP contribution in [-0.4, -0.2) is 12.6 Å². The Morgan fingerprint density at radius 3 is 2.93 bits per heavy atom. The van der Waals surface area contributed by atoms with Gasteiger partial charge in [-0.15, -0.1) is 0 Å². The van der Waals surface area contributed by atoms with E-state index in [1.54, 1.807) is 0 Å². The Morgan fingerprint density at radius 2 is 2.27 bits per heavy atom. The summed E-state index contributed by atoms with van der Waals surface area (Å²) in [7, 11) is 0. The summed E-state index contributed by atoms with van der Waals surface area (Å²) in [5.41, 5.74) is 2.52. The van der Waals surface area contributed by atoms with Gasteiger partial charge < -0.3 is 5.32 Å². The van der Waals surface area contributed by atoms with Gasteiger partial charge in [0.2, 0.25) is 0 Å². The number of benzene rings is 1. The maximum atomic E-state index is 6.22. The molecule has 2 rings (SSSR count). The molecule has 82 valence electrons. The van der Waals surface area contributed by atoms with E-state index in [1.807, 2.05) is 0 Å². The van der Waals surface area contributed by atoms with Crippen LogP contribution in [0.3, 0.4) is 0 Å². The van der Waals surface area contributed by atoms with Crippen molar-refractivity contribution in [2.45, 2.75) is 38.6 Å². The maximum Gasteiger partial charge on any atom is 0.0441 e. The summed E-state index contributed by atoms with van der Waals surface area (Å²) in [6.07, 6.45) is 5.02. The summed E-state index contributed by atoms with van der Waals surface area (Å²) in [5.74, 6) is 0.